The number of rotatable bonds is 3. The molecule has 0 aliphatic rings. The number of hydrogen-bond donors (Lipinski definition) is 1. The minimum Gasteiger partial charge on any atom is -0.365 e. The van der Waals surface area contributed by atoms with Crippen LogP contribution in [0.15, 0.2) is 54.9 Å². The van der Waals surface area contributed by atoms with Crippen LogP contribution in [0.25, 0.3) is 10.8 Å². The van der Waals surface area contributed by atoms with Crippen molar-refractivity contribution < 1.29 is 0 Å². The third-order valence-corrected chi connectivity index (χ3v) is 3.09. The number of fused-ring (bicyclic) bond motifs is 1. The average Bonchev–Trinajstić information content (AvgIpc) is 2.45. The molecule has 0 saturated heterocycles. The van der Waals surface area contributed by atoms with Crippen LogP contribution in [0, 0.1) is 0 Å². The summed E-state index contributed by atoms with van der Waals surface area (Å²) in [6.45, 7) is 0.672. The van der Waals surface area contributed by atoms with Crippen LogP contribution in [0.1, 0.15) is 5.56 Å². The molecule has 0 unspecified atom stereocenters. The highest BCUT2D eigenvalue weighted by Gasteiger charge is 2.04. The second-order valence-corrected chi connectivity index (χ2v) is 4.62. The Morgan fingerprint density at radius 2 is 2.00 bits per heavy atom. The second kappa shape index (κ2) is 5.24. The molecule has 3 aromatic rings. The molecule has 3 nitrogen and oxygen atoms in total. The first-order chi connectivity index (χ1) is 9.33. The first kappa shape index (κ1) is 11.9. The van der Waals surface area contributed by atoms with Crippen LogP contribution in [0.2, 0.25) is 5.15 Å². The Morgan fingerprint density at radius 3 is 2.84 bits per heavy atom. The van der Waals surface area contributed by atoms with Crippen molar-refractivity contribution in [2.75, 3.05) is 5.32 Å². The van der Waals surface area contributed by atoms with E-state index in [9.17, 15) is 0 Å². The number of hydrogen-bond acceptors (Lipinski definition) is 3. The SMILES string of the molecule is Clc1cc2ccccc2c(NCc2cccnc2)n1. The molecule has 0 saturated carbocycles. The number of benzene rings is 1. The smallest absolute Gasteiger partial charge is 0.135 e. The minimum absolute atomic E-state index is 0.493. The lowest BCUT2D eigenvalue weighted by atomic mass is 10.1. The fourth-order valence-electron chi connectivity index (χ4n) is 1.99. The van der Waals surface area contributed by atoms with Gasteiger partial charge in [-0.05, 0) is 23.1 Å². The number of nitrogens with zero attached hydrogens (tertiary/aromatic N) is 2. The van der Waals surface area contributed by atoms with E-state index in [-0.39, 0.29) is 0 Å². The van der Waals surface area contributed by atoms with Crippen molar-refractivity contribution in [1.29, 1.82) is 0 Å². The molecule has 1 aromatic carbocycles. The van der Waals surface area contributed by atoms with E-state index in [1.54, 1.807) is 6.20 Å². The molecule has 0 bridgehead atoms. The minimum atomic E-state index is 0.493. The molecular weight excluding hydrogens is 258 g/mol. The first-order valence-electron chi connectivity index (χ1n) is 6.01. The lowest BCUT2D eigenvalue weighted by molar-refractivity contribution is 1.09. The summed E-state index contributed by atoms with van der Waals surface area (Å²) in [6.07, 6.45) is 3.59. The molecule has 4 heteroatoms. The summed E-state index contributed by atoms with van der Waals surface area (Å²) in [4.78, 5) is 8.44. The van der Waals surface area contributed by atoms with Gasteiger partial charge in [0.15, 0.2) is 0 Å². The van der Waals surface area contributed by atoms with Gasteiger partial charge in [0.1, 0.15) is 11.0 Å². The van der Waals surface area contributed by atoms with E-state index in [0.29, 0.717) is 11.7 Å². The first-order valence-corrected chi connectivity index (χ1v) is 6.39. The van der Waals surface area contributed by atoms with Gasteiger partial charge >= 0.3 is 0 Å². The quantitative estimate of drug-likeness (QED) is 0.733. The highest BCUT2D eigenvalue weighted by atomic mass is 35.5. The highest BCUT2D eigenvalue weighted by Crippen LogP contribution is 2.24. The Balaban J connectivity index is 1.92. The Morgan fingerprint density at radius 1 is 1.11 bits per heavy atom. The van der Waals surface area contributed by atoms with Crippen LogP contribution in [0.5, 0.6) is 0 Å². The van der Waals surface area contributed by atoms with Gasteiger partial charge in [-0.2, -0.15) is 0 Å². The maximum atomic E-state index is 6.04. The molecule has 0 atom stereocenters. The Labute approximate surface area is 116 Å². The van der Waals surface area contributed by atoms with Crippen molar-refractivity contribution in [2.45, 2.75) is 6.54 Å². The number of anilines is 1. The van der Waals surface area contributed by atoms with Crippen molar-refractivity contribution in [3.8, 4) is 0 Å². The summed E-state index contributed by atoms with van der Waals surface area (Å²) in [6, 6.07) is 13.8. The van der Waals surface area contributed by atoms with E-state index in [1.165, 1.54) is 0 Å². The van der Waals surface area contributed by atoms with Gasteiger partial charge in [-0.1, -0.05) is 41.9 Å². The zero-order valence-corrected chi connectivity index (χ0v) is 10.9. The van der Waals surface area contributed by atoms with Crippen molar-refractivity contribution >= 4 is 28.2 Å². The monoisotopic (exact) mass is 269 g/mol. The van der Waals surface area contributed by atoms with E-state index < -0.39 is 0 Å². The zero-order chi connectivity index (χ0) is 13.1. The topological polar surface area (TPSA) is 37.8 Å². The molecule has 94 valence electrons. The van der Waals surface area contributed by atoms with Gasteiger partial charge in [-0.3, -0.25) is 4.98 Å². The van der Waals surface area contributed by atoms with E-state index in [0.717, 1.165) is 22.2 Å². The normalized spacial score (nSPS) is 10.6. The van der Waals surface area contributed by atoms with Crippen LogP contribution in [0.4, 0.5) is 5.82 Å². The summed E-state index contributed by atoms with van der Waals surface area (Å²) in [5.74, 6) is 0.798. The molecule has 0 aliphatic heterocycles. The van der Waals surface area contributed by atoms with E-state index in [2.05, 4.69) is 15.3 Å². The van der Waals surface area contributed by atoms with Crippen molar-refractivity contribution in [1.82, 2.24) is 9.97 Å². The summed E-state index contributed by atoms with van der Waals surface area (Å²) < 4.78 is 0. The number of halogens is 1. The van der Waals surface area contributed by atoms with Crippen LogP contribution in [-0.4, -0.2) is 9.97 Å². The molecule has 19 heavy (non-hydrogen) atoms. The fraction of sp³-hybridized carbons (Fsp3) is 0.0667. The van der Waals surface area contributed by atoms with Crippen molar-refractivity contribution in [3.05, 3.63) is 65.6 Å². The van der Waals surface area contributed by atoms with Gasteiger partial charge in [0.2, 0.25) is 0 Å². The number of pyridine rings is 2. The molecule has 0 spiro atoms. The molecule has 1 N–H and O–H groups in total. The lowest BCUT2D eigenvalue weighted by Gasteiger charge is -2.09. The lowest BCUT2D eigenvalue weighted by Crippen LogP contribution is -2.02. The van der Waals surface area contributed by atoms with Crippen LogP contribution in [-0.2, 0) is 6.54 Å². The molecule has 0 radical (unpaired) electrons. The fourth-order valence-corrected chi connectivity index (χ4v) is 2.19. The van der Waals surface area contributed by atoms with Gasteiger partial charge < -0.3 is 5.32 Å². The van der Waals surface area contributed by atoms with Gasteiger partial charge in [-0.15, -0.1) is 0 Å². The number of aromatic nitrogens is 2. The standard InChI is InChI=1S/C15H12ClN3/c16-14-8-12-5-1-2-6-13(12)15(19-14)18-10-11-4-3-7-17-9-11/h1-9H,10H2,(H,18,19). The average molecular weight is 270 g/mol. The summed E-state index contributed by atoms with van der Waals surface area (Å²) in [5.41, 5.74) is 1.10. The maximum absolute atomic E-state index is 6.04. The van der Waals surface area contributed by atoms with Crippen LogP contribution in [0.3, 0.4) is 0 Å². The zero-order valence-electron chi connectivity index (χ0n) is 10.2. The predicted octanol–water partition coefficient (Wildman–Crippen LogP) is 3.90. The Kier molecular flexibility index (Phi) is 3.29. The largest absolute Gasteiger partial charge is 0.365 e. The molecule has 2 heterocycles. The second-order valence-electron chi connectivity index (χ2n) is 4.23. The molecular formula is C15H12ClN3. The molecule has 0 aliphatic carbocycles. The van der Waals surface area contributed by atoms with Crippen LogP contribution >= 0.6 is 11.6 Å². The Bertz CT molecular complexity index is 698. The Hall–Kier alpha value is -2.13. The highest BCUT2D eigenvalue weighted by molar-refractivity contribution is 6.30. The van der Waals surface area contributed by atoms with Crippen molar-refractivity contribution in [2.24, 2.45) is 0 Å². The third kappa shape index (κ3) is 2.66. The van der Waals surface area contributed by atoms with E-state index in [4.69, 9.17) is 11.6 Å². The summed E-state index contributed by atoms with van der Waals surface area (Å²) in [7, 11) is 0. The maximum Gasteiger partial charge on any atom is 0.135 e. The summed E-state index contributed by atoms with van der Waals surface area (Å²) >= 11 is 6.04. The molecule has 2 aromatic heterocycles. The third-order valence-electron chi connectivity index (χ3n) is 2.89. The molecule has 3 rings (SSSR count). The van der Waals surface area contributed by atoms with Gasteiger partial charge in [0, 0.05) is 24.3 Å². The molecule has 0 fully saturated rings. The summed E-state index contributed by atoms with van der Waals surface area (Å²) in [5, 5.41) is 5.95. The van der Waals surface area contributed by atoms with Gasteiger partial charge in [-0.25, -0.2) is 4.98 Å². The van der Waals surface area contributed by atoms with E-state index in [1.807, 2.05) is 48.7 Å². The van der Waals surface area contributed by atoms with E-state index >= 15 is 0 Å². The van der Waals surface area contributed by atoms with Crippen LogP contribution < -0.4 is 5.32 Å². The molecule has 0 amide bonds. The van der Waals surface area contributed by atoms with Gasteiger partial charge in [0.05, 0.1) is 0 Å². The van der Waals surface area contributed by atoms with Crippen molar-refractivity contribution in [3.63, 3.8) is 0 Å². The number of nitrogens with one attached hydrogen (secondary N) is 1. The predicted molar refractivity (Wildman–Crippen MR) is 78.3 cm³/mol. The van der Waals surface area contributed by atoms with Gasteiger partial charge in [0.25, 0.3) is 0 Å².